The Labute approximate surface area is 140 Å². The molecule has 1 heterocycles. The zero-order valence-corrected chi connectivity index (χ0v) is 13.7. The minimum Gasteiger partial charge on any atom is -0.313 e. The molecule has 0 aliphatic heterocycles. The average molecular weight is 323 g/mol. The number of para-hydroxylation sites is 1. The van der Waals surface area contributed by atoms with Crippen LogP contribution in [0.3, 0.4) is 0 Å². The van der Waals surface area contributed by atoms with Crippen molar-refractivity contribution in [1.82, 2.24) is 14.5 Å². The third kappa shape index (κ3) is 3.31. The maximum atomic E-state index is 12.4. The fourth-order valence-electron chi connectivity index (χ4n) is 2.85. The van der Waals surface area contributed by atoms with Crippen LogP contribution < -0.4 is 16.6 Å². The number of benzene rings is 2. The lowest BCUT2D eigenvalue weighted by molar-refractivity contribution is 0.558. The van der Waals surface area contributed by atoms with Crippen molar-refractivity contribution < 1.29 is 0 Å². The van der Waals surface area contributed by atoms with Gasteiger partial charge in [0.15, 0.2) is 0 Å². The Kier molecular flexibility index (Phi) is 4.91. The molecular weight excluding hydrogens is 302 g/mol. The Bertz CT molecular complexity index is 942. The molecule has 5 heteroatoms. The molecule has 3 rings (SSSR count). The van der Waals surface area contributed by atoms with E-state index in [1.807, 2.05) is 36.4 Å². The first-order chi connectivity index (χ1) is 11.7. The van der Waals surface area contributed by atoms with Crippen molar-refractivity contribution >= 4 is 10.9 Å². The monoisotopic (exact) mass is 323 g/mol. The van der Waals surface area contributed by atoms with Crippen LogP contribution in [0.2, 0.25) is 0 Å². The Morgan fingerprint density at radius 1 is 0.958 bits per heavy atom. The Morgan fingerprint density at radius 2 is 1.67 bits per heavy atom. The van der Waals surface area contributed by atoms with Crippen LogP contribution in [0.4, 0.5) is 0 Å². The van der Waals surface area contributed by atoms with E-state index in [0.717, 1.165) is 19.5 Å². The fourth-order valence-corrected chi connectivity index (χ4v) is 2.85. The van der Waals surface area contributed by atoms with Gasteiger partial charge < -0.3 is 5.32 Å². The lowest BCUT2D eigenvalue weighted by Crippen LogP contribution is -2.38. The normalized spacial score (nSPS) is 11.0. The third-order valence-electron chi connectivity index (χ3n) is 4.15. The number of hydrogen-bond donors (Lipinski definition) is 1. The second kappa shape index (κ2) is 7.27. The van der Waals surface area contributed by atoms with Crippen LogP contribution in [0.25, 0.3) is 10.9 Å². The molecule has 0 unspecified atom stereocenters. The van der Waals surface area contributed by atoms with Crippen molar-refractivity contribution in [3.8, 4) is 0 Å². The number of aromatic nitrogens is 2. The number of rotatable bonds is 6. The van der Waals surface area contributed by atoms with Gasteiger partial charge in [-0.25, -0.2) is 4.79 Å². The lowest BCUT2D eigenvalue weighted by Gasteiger charge is -2.12. The van der Waals surface area contributed by atoms with Gasteiger partial charge in [0, 0.05) is 20.1 Å². The predicted molar refractivity (Wildman–Crippen MR) is 96.2 cm³/mol. The maximum Gasteiger partial charge on any atom is 0.331 e. The van der Waals surface area contributed by atoms with Gasteiger partial charge in [0.05, 0.1) is 10.9 Å². The molecule has 0 fully saturated rings. The molecule has 1 aromatic heterocycles. The van der Waals surface area contributed by atoms with Crippen molar-refractivity contribution in [2.24, 2.45) is 7.05 Å². The van der Waals surface area contributed by atoms with Crippen molar-refractivity contribution in [3.05, 3.63) is 81.0 Å². The third-order valence-corrected chi connectivity index (χ3v) is 4.15. The molecule has 124 valence electrons. The number of hydrogen-bond acceptors (Lipinski definition) is 3. The average Bonchev–Trinajstić information content (AvgIpc) is 2.63. The summed E-state index contributed by atoms with van der Waals surface area (Å²) in [4.78, 5) is 24.6. The second-order valence-corrected chi connectivity index (χ2v) is 5.83. The van der Waals surface area contributed by atoms with E-state index in [4.69, 9.17) is 0 Å². The van der Waals surface area contributed by atoms with Crippen LogP contribution in [0.1, 0.15) is 12.0 Å². The first-order valence-corrected chi connectivity index (χ1v) is 8.11. The van der Waals surface area contributed by atoms with Gasteiger partial charge >= 0.3 is 5.69 Å². The topological polar surface area (TPSA) is 56.0 Å². The summed E-state index contributed by atoms with van der Waals surface area (Å²) in [6.07, 6.45) is 0.814. The molecule has 0 amide bonds. The molecule has 5 nitrogen and oxygen atoms in total. The summed E-state index contributed by atoms with van der Waals surface area (Å²) in [6, 6.07) is 17.5. The molecular formula is C19H21N3O2. The van der Waals surface area contributed by atoms with E-state index in [9.17, 15) is 9.59 Å². The zero-order chi connectivity index (χ0) is 16.9. The summed E-state index contributed by atoms with van der Waals surface area (Å²) >= 11 is 0. The highest BCUT2D eigenvalue weighted by Crippen LogP contribution is 2.07. The number of nitrogens with zero attached hydrogens (tertiary/aromatic N) is 2. The van der Waals surface area contributed by atoms with E-state index in [0.29, 0.717) is 17.4 Å². The van der Waals surface area contributed by atoms with Gasteiger partial charge in [0.25, 0.3) is 5.56 Å². The molecule has 1 N–H and O–H groups in total. The first-order valence-electron chi connectivity index (χ1n) is 8.11. The molecule has 24 heavy (non-hydrogen) atoms. The summed E-state index contributed by atoms with van der Waals surface area (Å²) in [6.45, 7) is 2.19. The number of fused-ring (bicyclic) bond motifs is 1. The summed E-state index contributed by atoms with van der Waals surface area (Å²) < 4.78 is 2.86. The lowest BCUT2D eigenvalue weighted by atomic mass is 10.2. The Morgan fingerprint density at radius 3 is 2.46 bits per heavy atom. The Hall–Kier alpha value is -2.66. The number of nitrogens with one attached hydrogen (secondary N) is 1. The summed E-state index contributed by atoms with van der Waals surface area (Å²) in [5, 5.41) is 3.96. The van der Waals surface area contributed by atoms with Gasteiger partial charge in [-0.2, -0.15) is 0 Å². The molecule has 0 aliphatic carbocycles. The fraction of sp³-hybridized carbons (Fsp3) is 0.263. The SMILES string of the molecule is Cn1c(=O)c2ccccc2n(CCCNCc2ccccc2)c1=O. The molecule has 0 spiro atoms. The van der Waals surface area contributed by atoms with Crippen molar-refractivity contribution in [3.63, 3.8) is 0 Å². The van der Waals surface area contributed by atoms with Gasteiger partial charge in [-0.15, -0.1) is 0 Å². The van der Waals surface area contributed by atoms with E-state index in [1.54, 1.807) is 10.6 Å². The maximum absolute atomic E-state index is 12.4. The minimum atomic E-state index is -0.262. The van der Waals surface area contributed by atoms with Gasteiger partial charge in [-0.05, 0) is 30.7 Å². The highest BCUT2D eigenvalue weighted by atomic mass is 16.2. The zero-order valence-electron chi connectivity index (χ0n) is 13.7. The minimum absolute atomic E-state index is 0.242. The summed E-state index contributed by atoms with van der Waals surface area (Å²) in [5.41, 5.74) is 1.44. The van der Waals surface area contributed by atoms with E-state index < -0.39 is 0 Å². The van der Waals surface area contributed by atoms with E-state index >= 15 is 0 Å². The molecule has 0 saturated heterocycles. The van der Waals surface area contributed by atoms with Crippen LogP contribution in [-0.4, -0.2) is 15.7 Å². The second-order valence-electron chi connectivity index (χ2n) is 5.83. The smallest absolute Gasteiger partial charge is 0.313 e. The molecule has 0 atom stereocenters. The predicted octanol–water partition coefficient (Wildman–Crippen LogP) is 1.88. The standard InChI is InChI=1S/C19H21N3O2/c1-21-18(23)16-10-5-6-11-17(16)22(19(21)24)13-7-12-20-14-15-8-3-2-4-9-15/h2-6,8-11,20H,7,12-14H2,1H3. The highest BCUT2D eigenvalue weighted by Gasteiger charge is 2.09. The molecule has 0 bridgehead atoms. The van der Waals surface area contributed by atoms with Crippen LogP contribution in [-0.2, 0) is 20.1 Å². The van der Waals surface area contributed by atoms with Crippen molar-refractivity contribution in [2.75, 3.05) is 6.54 Å². The first kappa shape index (κ1) is 16.2. The van der Waals surface area contributed by atoms with E-state index in [1.165, 1.54) is 17.2 Å². The number of aryl methyl sites for hydroxylation is 1. The molecule has 0 aliphatic rings. The van der Waals surface area contributed by atoms with Crippen LogP contribution in [0.15, 0.2) is 64.2 Å². The molecule has 2 aromatic carbocycles. The largest absolute Gasteiger partial charge is 0.331 e. The van der Waals surface area contributed by atoms with E-state index in [-0.39, 0.29) is 11.2 Å². The van der Waals surface area contributed by atoms with Crippen molar-refractivity contribution in [1.29, 1.82) is 0 Å². The van der Waals surface area contributed by atoms with Gasteiger partial charge in [0.2, 0.25) is 0 Å². The van der Waals surface area contributed by atoms with Crippen LogP contribution in [0.5, 0.6) is 0 Å². The van der Waals surface area contributed by atoms with Crippen LogP contribution in [0, 0.1) is 0 Å². The van der Waals surface area contributed by atoms with Gasteiger partial charge in [-0.3, -0.25) is 13.9 Å². The molecule has 0 saturated carbocycles. The molecule has 0 radical (unpaired) electrons. The quantitative estimate of drug-likeness (QED) is 0.705. The van der Waals surface area contributed by atoms with E-state index in [2.05, 4.69) is 17.4 Å². The van der Waals surface area contributed by atoms with Crippen molar-refractivity contribution in [2.45, 2.75) is 19.5 Å². The van der Waals surface area contributed by atoms with Gasteiger partial charge in [-0.1, -0.05) is 42.5 Å². The summed E-state index contributed by atoms with van der Waals surface area (Å²) in [7, 11) is 1.53. The van der Waals surface area contributed by atoms with Crippen LogP contribution >= 0.6 is 0 Å². The summed E-state index contributed by atoms with van der Waals surface area (Å²) in [5.74, 6) is 0. The molecule has 3 aromatic rings. The van der Waals surface area contributed by atoms with Gasteiger partial charge in [0.1, 0.15) is 0 Å². The Balaban J connectivity index is 1.69. The highest BCUT2D eigenvalue weighted by molar-refractivity contribution is 5.77.